The van der Waals surface area contributed by atoms with Crippen molar-refractivity contribution in [1.29, 1.82) is 0 Å². The van der Waals surface area contributed by atoms with E-state index in [2.05, 4.69) is 20.0 Å². The van der Waals surface area contributed by atoms with Crippen LogP contribution in [-0.4, -0.2) is 23.2 Å². The summed E-state index contributed by atoms with van der Waals surface area (Å²) in [6, 6.07) is 0. The van der Waals surface area contributed by atoms with E-state index in [-0.39, 0.29) is 0 Å². The summed E-state index contributed by atoms with van der Waals surface area (Å²) in [7, 11) is 0. The molecule has 1 rings (SSSR count). The molecule has 0 saturated heterocycles. The predicted octanol–water partition coefficient (Wildman–Crippen LogP) is 0.954. The number of nitrogens with zero attached hydrogens (tertiary/aromatic N) is 2. The van der Waals surface area contributed by atoms with Gasteiger partial charge in [-0.2, -0.15) is 4.98 Å². The lowest BCUT2D eigenvalue weighted by Crippen LogP contribution is -2.17. The first-order chi connectivity index (χ1) is 5.93. The molecule has 1 aromatic rings. The molecule has 0 aliphatic carbocycles. The van der Waals surface area contributed by atoms with Crippen molar-refractivity contribution < 1.29 is 4.52 Å². The zero-order chi connectivity index (χ0) is 8.65. The van der Waals surface area contributed by atoms with E-state index in [9.17, 15) is 0 Å². The molecule has 0 saturated carbocycles. The van der Waals surface area contributed by atoms with E-state index >= 15 is 0 Å². The molecule has 4 nitrogen and oxygen atoms in total. The van der Waals surface area contributed by atoms with Gasteiger partial charge in [-0.1, -0.05) is 22.8 Å². The first-order valence-electron chi connectivity index (χ1n) is 3.64. The third-order valence-electron chi connectivity index (χ3n) is 1.28. The summed E-state index contributed by atoms with van der Waals surface area (Å²) >= 11 is 5.32. The first kappa shape index (κ1) is 9.22. The number of nitrogens with one attached hydrogen (secondary N) is 1. The van der Waals surface area contributed by atoms with Gasteiger partial charge in [0, 0.05) is 25.0 Å². The quantitative estimate of drug-likeness (QED) is 0.698. The van der Waals surface area contributed by atoms with Crippen LogP contribution in [0.5, 0.6) is 0 Å². The second kappa shape index (κ2) is 5.74. The van der Waals surface area contributed by atoms with Crippen molar-refractivity contribution in [2.75, 3.05) is 13.1 Å². The van der Waals surface area contributed by atoms with Gasteiger partial charge in [0.25, 0.3) is 0 Å². The van der Waals surface area contributed by atoms with Crippen LogP contribution in [0.3, 0.4) is 0 Å². The summed E-state index contributed by atoms with van der Waals surface area (Å²) in [4.78, 5) is 3.87. The van der Waals surface area contributed by atoms with Crippen LogP contribution in [-0.2, 0) is 6.42 Å². The van der Waals surface area contributed by atoms with Crippen molar-refractivity contribution in [3.63, 3.8) is 0 Å². The second-order valence-electron chi connectivity index (χ2n) is 2.16. The highest BCUT2D eigenvalue weighted by Gasteiger charge is 1.95. The molecule has 0 aromatic carbocycles. The topological polar surface area (TPSA) is 51.0 Å². The molecule has 0 radical (unpaired) electrons. The van der Waals surface area contributed by atoms with Crippen LogP contribution in [0.15, 0.2) is 22.5 Å². The van der Waals surface area contributed by atoms with Gasteiger partial charge < -0.3 is 9.84 Å². The average Bonchev–Trinajstić information content (AvgIpc) is 2.57. The van der Waals surface area contributed by atoms with Crippen LogP contribution in [0, 0.1) is 0 Å². The fourth-order valence-corrected chi connectivity index (χ4v) is 0.822. The maximum Gasteiger partial charge on any atom is 0.213 e. The molecule has 0 atom stereocenters. The number of hydrogen-bond donors (Lipinski definition) is 1. The van der Waals surface area contributed by atoms with Crippen LogP contribution in [0.4, 0.5) is 0 Å². The molecule has 66 valence electrons. The maximum absolute atomic E-state index is 5.32. The minimum Gasteiger partial charge on any atom is -0.343 e. The smallest absolute Gasteiger partial charge is 0.213 e. The Hall–Kier alpha value is -0.870. The molecule has 0 amide bonds. The molecule has 0 fully saturated rings. The molecule has 1 N–H and O–H groups in total. The third kappa shape index (κ3) is 3.50. The predicted molar refractivity (Wildman–Crippen MR) is 45.9 cm³/mol. The van der Waals surface area contributed by atoms with Crippen LogP contribution in [0.1, 0.15) is 5.82 Å². The van der Waals surface area contributed by atoms with Gasteiger partial charge in [-0.15, -0.1) is 0 Å². The molecule has 1 aromatic heterocycles. The van der Waals surface area contributed by atoms with E-state index < -0.39 is 0 Å². The van der Waals surface area contributed by atoms with Gasteiger partial charge in [-0.3, -0.25) is 0 Å². The third-order valence-corrected chi connectivity index (χ3v) is 1.46. The fourth-order valence-electron chi connectivity index (χ4n) is 0.733. The van der Waals surface area contributed by atoms with E-state index in [1.807, 2.05) is 6.08 Å². The first-order valence-corrected chi connectivity index (χ1v) is 4.08. The molecular weight excluding hydrogens is 178 g/mol. The van der Waals surface area contributed by atoms with Crippen molar-refractivity contribution >= 4 is 11.6 Å². The lowest BCUT2D eigenvalue weighted by molar-refractivity contribution is 0.409. The van der Waals surface area contributed by atoms with Gasteiger partial charge >= 0.3 is 0 Å². The number of rotatable bonds is 5. The zero-order valence-electron chi connectivity index (χ0n) is 6.53. The Balaban J connectivity index is 2.03. The van der Waals surface area contributed by atoms with Crippen molar-refractivity contribution in [3.8, 4) is 0 Å². The molecule has 1 heterocycles. The second-order valence-corrected chi connectivity index (χ2v) is 2.42. The minimum absolute atomic E-state index is 0.720. The summed E-state index contributed by atoms with van der Waals surface area (Å²) in [5, 5.41) is 6.80. The van der Waals surface area contributed by atoms with Gasteiger partial charge in [0.15, 0.2) is 5.82 Å². The monoisotopic (exact) mass is 187 g/mol. The zero-order valence-corrected chi connectivity index (χ0v) is 7.29. The Labute approximate surface area is 75.6 Å². The Kier molecular flexibility index (Phi) is 4.41. The highest BCUT2D eigenvalue weighted by atomic mass is 35.5. The number of halogens is 1. The summed E-state index contributed by atoms with van der Waals surface area (Å²) in [6.45, 7) is 1.59. The van der Waals surface area contributed by atoms with E-state index in [0.717, 1.165) is 25.3 Å². The lowest BCUT2D eigenvalue weighted by Gasteiger charge is -1.96. The van der Waals surface area contributed by atoms with Crippen molar-refractivity contribution in [3.05, 3.63) is 23.8 Å². The SMILES string of the molecule is Cl/C=C/CNCCc1ncon1. The number of hydrogen-bond acceptors (Lipinski definition) is 4. The van der Waals surface area contributed by atoms with Crippen LogP contribution >= 0.6 is 11.6 Å². The van der Waals surface area contributed by atoms with Crippen molar-refractivity contribution in [2.45, 2.75) is 6.42 Å². The fraction of sp³-hybridized carbons (Fsp3) is 0.429. The maximum atomic E-state index is 5.32. The van der Waals surface area contributed by atoms with Crippen LogP contribution in [0.2, 0.25) is 0 Å². The molecule has 0 aliphatic heterocycles. The highest BCUT2D eigenvalue weighted by molar-refractivity contribution is 6.25. The summed E-state index contributed by atoms with van der Waals surface area (Å²) in [5.41, 5.74) is 1.49. The standard InChI is InChI=1S/C7H10ClN3O/c8-3-1-4-9-5-2-7-10-6-12-11-7/h1,3,6,9H,2,4-5H2/b3-1+. The molecule has 0 spiro atoms. The van der Waals surface area contributed by atoms with Crippen LogP contribution < -0.4 is 5.32 Å². The molecule has 0 unspecified atom stereocenters. The van der Waals surface area contributed by atoms with Crippen molar-refractivity contribution in [1.82, 2.24) is 15.5 Å². The average molecular weight is 188 g/mol. The summed E-state index contributed by atoms with van der Waals surface area (Å²) in [5.74, 6) is 0.720. The van der Waals surface area contributed by atoms with E-state index in [4.69, 9.17) is 11.6 Å². The summed E-state index contributed by atoms with van der Waals surface area (Å²) in [6.07, 6.45) is 3.93. The molecule has 0 aliphatic rings. The van der Waals surface area contributed by atoms with E-state index in [1.165, 1.54) is 11.9 Å². The summed E-state index contributed by atoms with van der Waals surface area (Å²) < 4.78 is 4.57. The van der Waals surface area contributed by atoms with Crippen LogP contribution in [0.25, 0.3) is 0 Å². The number of aromatic nitrogens is 2. The Bertz CT molecular complexity index is 223. The largest absolute Gasteiger partial charge is 0.343 e. The van der Waals surface area contributed by atoms with Gasteiger partial charge in [-0.25, -0.2) is 0 Å². The van der Waals surface area contributed by atoms with Crippen molar-refractivity contribution in [2.24, 2.45) is 0 Å². The van der Waals surface area contributed by atoms with Gasteiger partial charge in [-0.05, 0) is 0 Å². The minimum atomic E-state index is 0.720. The Morgan fingerprint density at radius 2 is 2.58 bits per heavy atom. The van der Waals surface area contributed by atoms with E-state index in [1.54, 1.807) is 0 Å². The lowest BCUT2D eigenvalue weighted by atomic mass is 10.4. The molecule has 5 heteroatoms. The normalized spacial score (nSPS) is 11.1. The Morgan fingerprint density at radius 1 is 1.67 bits per heavy atom. The van der Waals surface area contributed by atoms with E-state index in [0.29, 0.717) is 0 Å². The Morgan fingerprint density at radius 3 is 3.25 bits per heavy atom. The van der Waals surface area contributed by atoms with Gasteiger partial charge in [0.2, 0.25) is 6.39 Å². The molecule has 12 heavy (non-hydrogen) atoms. The molecular formula is C7H10ClN3O. The molecule has 0 bridgehead atoms. The van der Waals surface area contributed by atoms with Gasteiger partial charge in [0.05, 0.1) is 0 Å². The van der Waals surface area contributed by atoms with Gasteiger partial charge in [0.1, 0.15) is 0 Å². The highest BCUT2D eigenvalue weighted by Crippen LogP contribution is 1.87.